The molecule has 0 atom stereocenters. The Hall–Kier alpha value is -9.59. The monoisotopic (exact) mass is 1110 g/mol. The van der Waals surface area contributed by atoms with Crippen molar-refractivity contribution in [1.82, 2.24) is 0 Å². The van der Waals surface area contributed by atoms with E-state index in [9.17, 15) is 0 Å². The maximum absolute atomic E-state index is 2.46. The lowest BCUT2D eigenvalue weighted by Crippen LogP contribution is -2.37. The van der Waals surface area contributed by atoms with Gasteiger partial charge in [0, 0.05) is 34.1 Å². The van der Waals surface area contributed by atoms with Crippen LogP contribution in [-0.2, 0) is 0 Å². The number of anilines is 6. The molecule has 0 spiro atoms. The number of hydrogen-bond acceptors (Lipinski definition) is 2. The first kappa shape index (κ1) is 53.7. The highest BCUT2D eigenvalue weighted by Crippen LogP contribution is 2.49. The molecule has 0 bridgehead atoms. The molecule has 13 rings (SSSR count). The molecule has 0 aliphatic heterocycles. The van der Waals surface area contributed by atoms with Crippen molar-refractivity contribution >= 4 is 82.2 Å². The van der Waals surface area contributed by atoms with Gasteiger partial charge in [0.25, 0.3) is 0 Å². The first-order valence-electron chi connectivity index (χ1n) is 29.4. The zero-order valence-corrected chi connectivity index (χ0v) is 50.8. The third kappa shape index (κ3) is 10.6. The lowest BCUT2D eigenvalue weighted by atomic mass is 9.84. The third-order valence-electron chi connectivity index (χ3n) is 16.6. The molecule has 84 heavy (non-hydrogen) atoms. The van der Waals surface area contributed by atoms with E-state index in [4.69, 9.17) is 0 Å². The van der Waals surface area contributed by atoms with Gasteiger partial charge in [0.2, 0.25) is 0 Å². The fourth-order valence-electron chi connectivity index (χ4n) is 12.2. The summed E-state index contributed by atoms with van der Waals surface area (Å²) in [5.74, 6) is 0. The summed E-state index contributed by atoms with van der Waals surface area (Å²) in [7, 11) is -3.13. The minimum Gasteiger partial charge on any atom is -0.310 e. The van der Waals surface area contributed by atoms with Crippen LogP contribution < -0.4 is 20.2 Å². The van der Waals surface area contributed by atoms with Gasteiger partial charge in [0.15, 0.2) is 0 Å². The van der Waals surface area contributed by atoms with E-state index in [2.05, 4.69) is 352 Å². The van der Waals surface area contributed by atoms with Gasteiger partial charge in [-0.3, -0.25) is 0 Å². The number of fused-ring (bicyclic) bond motifs is 2. The van der Waals surface area contributed by atoms with Gasteiger partial charge in [-0.1, -0.05) is 280 Å². The molecular weight excluding hydrogens is 1050 g/mol. The van der Waals surface area contributed by atoms with Crippen molar-refractivity contribution in [3.05, 3.63) is 303 Å². The Kier molecular flexibility index (Phi) is 14.5. The summed E-state index contributed by atoms with van der Waals surface area (Å²) in [5, 5.41) is 7.61. The van der Waals surface area contributed by atoms with Crippen molar-refractivity contribution in [1.29, 1.82) is 0 Å². The standard InChI is InChI=1S/C80H68N2Si2/c1-83(2,3)69-49-43-65(44-50-69)81(63-27-15-9-16-28-63)67-47-53-75-77(55-67)79(61-39-35-59(36-40-61)73-33-21-19-31-71(73)57-23-11-7-12-24-57)76-54-48-68(82(64-29-17-10-18-30-64)66-45-51-70(52-46-66)84(4,5)6)56-78(76)80(75)62-41-37-60(38-42-62)74-34-22-20-32-72(74)58-25-13-8-14-26-58/h7-56H,1-6H3. The van der Waals surface area contributed by atoms with Crippen molar-refractivity contribution in [2.24, 2.45) is 0 Å². The first-order chi connectivity index (χ1) is 40.9. The van der Waals surface area contributed by atoms with Gasteiger partial charge >= 0.3 is 0 Å². The molecular formula is C80H68N2Si2. The molecule has 0 aromatic heterocycles. The lowest BCUT2D eigenvalue weighted by molar-refractivity contribution is 1.29. The molecule has 406 valence electrons. The fraction of sp³-hybridized carbons (Fsp3) is 0.0750. The molecule has 0 radical (unpaired) electrons. The quantitative estimate of drug-likeness (QED) is 0.0791. The number of nitrogens with zero attached hydrogens (tertiary/aromatic N) is 2. The van der Waals surface area contributed by atoms with Crippen LogP contribution in [0.15, 0.2) is 303 Å². The van der Waals surface area contributed by atoms with E-state index in [-0.39, 0.29) is 0 Å². The predicted octanol–water partition coefficient (Wildman–Crippen LogP) is 22.0. The van der Waals surface area contributed by atoms with Crippen LogP contribution >= 0.6 is 0 Å². The Labute approximate surface area is 498 Å². The van der Waals surface area contributed by atoms with Gasteiger partial charge in [-0.05, 0) is 161 Å². The molecule has 0 heterocycles. The van der Waals surface area contributed by atoms with E-state index >= 15 is 0 Å². The second-order valence-electron chi connectivity index (χ2n) is 24.1. The van der Waals surface area contributed by atoms with Gasteiger partial charge in [-0.15, -0.1) is 0 Å². The van der Waals surface area contributed by atoms with Crippen molar-refractivity contribution in [2.45, 2.75) is 39.3 Å². The van der Waals surface area contributed by atoms with Crippen LogP contribution in [0.3, 0.4) is 0 Å². The van der Waals surface area contributed by atoms with Crippen molar-refractivity contribution < 1.29 is 0 Å². The Balaban J connectivity index is 1.08. The fourth-order valence-corrected chi connectivity index (χ4v) is 14.5. The summed E-state index contributed by atoms with van der Waals surface area (Å²) in [4.78, 5) is 4.86. The Morgan fingerprint density at radius 3 is 0.762 bits per heavy atom. The lowest BCUT2D eigenvalue weighted by Gasteiger charge is -2.29. The highest BCUT2D eigenvalue weighted by molar-refractivity contribution is 6.89. The van der Waals surface area contributed by atoms with Crippen LogP contribution in [0.2, 0.25) is 39.3 Å². The van der Waals surface area contributed by atoms with Gasteiger partial charge in [-0.2, -0.15) is 0 Å². The van der Waals surface area contributed by atoms with Crippen LogP contribution in [0.4, 0.5) is 34.1 Å². The molecule has 0 saturated carbocycles. The molecule has 0 unspecified atom stereocenters. The van der Waals surface area contributed by atoms with E-state index in [1.165, 1.54) is 87.6 Å². The molecule has 0 aliphatic carbocycles. The first-order valence-corrected chi connectivity index (χ1v) is 36.4. The minimum absolute atomic E-state index is 1.09. The molecule has 13 aromatic carbocycles. The van der Waals surface area contributed by atoms with Crippen LogP contribution in [0, 0.1) is 0 Å². The molecule has 13 aromatic rings. The summed E-state index contributed by atoms with van der Waals surface area (Å²) >= 11 is 0. The number of benzene rings is 13. The molecule has 4 heteroatoms. The third-order valence-corrected chi connectivity index (χ3v) is 20.7. The second kappa shape index (κ2) is 22.6. The van der Waals surface area contributed by atoms with E-state index in [1.807, 2.05) is 0 Å². The van der Waals surface area contributed by atoms with Crippen molar-refractivity contribution in [2.75, 3.05) is 9.80 Å². The van der Waals surface area contributed by atoms with Crippen LogP contribution in [0.5, 0.6) is 0 Å². The topological polar surface area (TPSA) is 6.48 Å². The highest BCUT2D eigenvalue weighted by atomic mass is 28.3. The van der Waals surface area contributed by atoms with Crippen LogP contribution in [0.25, 0.3) is 88.3 Å². The maximum atomic E-state index is 2.46. The summed E-state index contributed by atoms with van der Waals surface area (Å²) in [5.41, 5.74) is 21.0. The van der Waals surface area contributed by atoms with Gasteiger partial charge in [0.05, 0.1) is 16.1 Å². The Morgan fingerprint density at radius 1 is 0.202 bits per heavy atom. The van der Waals surface area contributed by atoms with Crippen molar-refractivity contribution in [3.8, 4) is 66.8 Å². The summed E-state index contributed by atoms with van der Waals surface area (Å²) in [6.45, 7) is 14.5. The van der Waals surface area contributed by atoms with Crippen LogP contribution in [0.1, 0.15) is 0 Å². The second-order valence-corrected chi connectivity index (χ2v) is 34.3. The summed E-state index contributed by atoms with van der Waals surface area (Å²) < 4.78 is 0. The summed E-state index contributed by atoms with van der Waals surface area (Å²) in [6, 6.07) is 113. The zero-order valence-electron chi connectivity index (χ0n) is 48.8. The van der Waals surface area contributed by atoms with E-state index in [0.29, 0.717) is 0 Å². The average molecular weight is 1110 g/mol. The van der Waals surface area contributed by atoms with Gasteiger partial charge in [-0.25, -0.2) is 0 Å². The number of hydrogen-bond donors (Lipinski definition) is 0. The Bertz CT molecular complexity index is 4140. The zero-order chi connectivity index (χ0) is 57.4. The Morgan fingerprint density at radius 2 is 0.452 bits per heavy atom. The van der Waals surface area contributed by atoms with Gasteiger partial charge in [0.1, 0.15) is 0 Å². The molecule has 0 amide bonds. The predicted molar refractivity (Wildman–Crippen MR) is 369 cm³/mol. The van der Waals surface area contributed by atoms with E-state index < -0.39 is 16.1 Å². The van der Waals surface area contributed by atoms with Gasteiger partial charge < -0.3 is 9.80 Å². The molecule has 0 saturated heterocycles. The maximum Gasteiger partial charge on any atom is 0.0775 e. The molecule has 0 aliphatic rings. The smallest absolute Gasteiger partial charge is 0.0775 e. The molecule has 0 fully saturated rings. The largest absolute Gasteiger partial charge is 0.310 e. The number of para-hydroxylation sites is 2. The molecule has 0 N–H and O–H groups in total. The van der Waals surface area contributed by atoms with E-state index in [1.54, 1.807) is 0 Å². The minimum atomic E-state index is -1.56. The normalized spacial score (nSPS) is 11.7. The van der Waals surface area contributed by atoms with Crippen molar-refractivity contribution in [3.63, 3.8) is 0 Å². The highest BCUT2D eigenvalue weighted by Gasteiger charge is 2.25. The summed E-state index contributed by atoms with van der Waals surface area (Å²) in [6.07, 6.45) is 0. The average Bonchev–Trinajstić information content (AvgIpc) is 1.51. The van der Waals surface area contributed by atoms with E-state index in [0.717, 1.165) is 45.3 Å². The number of rotatable bonds is 14. The van der Waals surface area contributed by atoms with Crippen LogP contribution in [-0.4, -0.2) is 16.1 Å². The molecule has 2 nitrogen and oxygen atoms in total. The SMILES string of the molecule is C[Si](C)(C)c1ccc(N(c2ccccc2)c2ccc3c(-c4ccc(-c5ccccc5-c5ccccc5)cc4)c4cc(N(c5ccccc5)c5ccc([Si](C)(C)C)cc5)ccc4c(-c4ccc(-c5ccccc5-c5ccccc5)cc4)c3c2)cc1.